The summed E-state index contributed by atoms with van der Waals surface area (Å²) in [7, 11) is -3.45. The second kappa shape index (κ2) is 4.86. The molecule has 0 bridgehead atoms. The van der Waals surface area contributed by atoms with E-state index in [0.717, 1.165) is 0 Å². The average Bonchev–Trinajstić information content (AvgIpc) is 3.12. The highest BCUT2D eigenvalue weighted by molar-refractivity contribution is 9.10. The number of carbonyl (C=O) groups excluding carboxylic acids is 1. The molecule has 19 heavy (non-hydrogen) atoms. The first-order chi connectivity index (χ1) is 8.73. The van der Waals surface area contributed by atoms with Crippen molar-refractivity contribution < 1.29 is 22.2 Å². The van der Waals surface area contributed by atoms with E-state index in [1.165, 1.54) is 18.3 Å². The van der Waals surface area contributed by atoms with E-state index in [0.29, 0.717) is 17.3 Å². The molecule has 0 aromatic carbocycles. The van der Waals surface area contributed by atoms with Gasteiger partial charge in [0.1, 0.15) is 14.8 Å². The third-order valence-electron chi connectivity index (χ3n) is 2.44. The number of pyridine rings is 1. The molecule has 1 amide bonds. The van der Waals surface area contributed by atoms with Gasteiger partial charge in [-0.1, -0.05) is 0 Å². The summed E-state index contributed by atoms with van der Waals surface area (Å²) in [5.41, 5.74) is 0. The molecule has 9 heteroatoms. The smallest absolute Gasteiger partial charge is 0.261 e. The molecular weight excluding hydrogens is 349 g/mol. The van der Waals surface area contributed by atoms with Crippen LogP contribution in [0.3, 0.4) is 0 Å². The molecule has 1 heterocycles. The van der Waals surface area contributed by atoms with Crippen molar-refractivity contribution in [2.45, 2.75) is 29.3 Å². The predicted octanol–water partition coefficient (Wildman–Crippen LogP) is 2.92. The third-order valence-corrected chi connectivity index (χ3v) is 5.56. The van der Waals surface area contributed by atoms with Gasteiger partial charge in [0.15, 0.2) is 0 Å². The minimum atomic E-state index is -5.12. The first-order valence-corrected chi connectivity index (χ1v) is 7.59. The summed E-state index contributed by atoms with van der Waals surface area (Å²) in [6, 6.07) is 2.82. The van der Waals surface area contributed by atoms with Crippen LogP contribution < -0.4 is 0 Å². The molecule has 1 aromatic heterocycles. The maximum atomic E-state index is 12.6. The monoisotopic (exact) mass is 356 g/mol. The van der Waals surface area contributed by atoms with Crippen molar-refractivity contribution in [2.24, 2.45) is 4.36 Å². The number of carbonyl (C=O) groups is 1. The Labute approximate surface area is 115 Å². The van der Waals surface area contributed by atoms with Crippen LogP contribution in [0.25, 0.3) is 0 Å². The van der Waals surface area contributed by atoms with Crippen LogP contribution in [0.5, 0.6) is 0 Å². The molecule has 0 aliphatic heterocycles. The van der Waals surface area contributed by atoms with Crippen LogP contribution in [-0.2, 0) is 14.5 Å². The number of aromatic nitrogens is 1. The van der Waals surface area contributed by atoms with Crippen LogP contribution in [0, 0.1) is 0 Å². The largest absolute Gasteiger partial charge is 0.474 e. The van der Waals surface area contributed by atoms with Crippen molar-refractivity contribution >= 4 is 31.6 Å². The fraction of sp³-hybridized carbons (Fsp3) is 0.400. The zero-order valence-corrected chi connectivity index (χ0v) is 11.8. The van der Waals surface area contributed by atoms with Gasteiger partial charge in [-0.2, -0.15) is 13.2 Å². The van der Waals surface area contributed by atoms with Crippen LogP contribution in [0.15, 0.2) is 32.2 Å². The molecule has 0 spiro atoms. The average molecular weight is 357 g/mol. The lowest BCUT2D eigenvalue weighted by Gasteiger charge is -2.08. The Morgan fingerprint density at radius 1 is 1.42 bits per heavy atom. The number of hydrogen-bond acceptors (Lipinski definition) is 3. The van der Waals surface area contributed by atoms with E-state index in [9.17, 15) is 22.2 Å². The highest BCUT2D eigenvalue weighted by Crippen LogP contribution is 2.35. The van der Waals surface area contributed by atoms with Gasteiger partial charge in [0, 0.05) is 15.9 Å². The molecule has 104 valence electrons. The van der Waals surface area contributed by atoms with Gasteiger partial charge in [0.2, 0.25) is 0 Å². The first-order valence-electron chi connectivity index (χ1n) is 5.22. The number of alkyl halides is 3. The molecule has 1 aromatic rings. The first kappa shape index (κ1) is 14.4. The quantitative estimate of drug-likeness (QED) is 0.818. The molecule has 1 unspecified atom stereocenters. The van der Waals surface area contributed by atoms with Crippen LogP contribution in [0.4, 0.5) is 13.2 Å². The lowest BCUT2D eigenvalue weighted by molar-refractivity contribution is -0.169. The van der Waals surface area contributed by atoms with Crippen molar-refractivity contribution in [1.82, 2.24) is 4.98 Å². The van der Waals surface area contributed by atoms with Crippen LogP contribution in [0.1, 0.15) is 12.8 Å². The molecule has 0 saturated heterocycles. The highest BCUT2D eigenvalue weighted by Gasteiger charge is 2.43. The summed E-state index contributed by atoms with van der Waals surface area (Å²) in [4.78, 5) is 14.8. The van der Waals surface area contributed by atoms with Crippen molar-refractivity contribution in [3.05, 3.63) is 22.8 Å². The molecule has 1 fully saturated rings. The minimum absolute atomic E-state index is 0.0872. The number of halogens is 4. The number of hydrogen-bond donors (Lipinski definition) is 0. The van der Waals surface area contributed by atoms with E-state index in [1.807, 2.05) is 0 Å². The van der Waals surface area contributed by atoms with Gasteiger partial charge < -0.3 is 0 Å². The van der Waals surface area contributed by atoms with Gasteiger partial charge >= 0.3 is 12.1 Å². The van der Waals surface area contributed by atoms with Crippen molar-refractivity contribution in [2.75, 3.05) is 0 Å². The van der Waals surface area contributed by atoms with Crippen molar-refractivity contribution in [3.63, 3.8) is 0 Å². The second-order valence-corrected chi connectivity index (χ2v) is 7.30. The predicted molar refractivity (Wildman–Crippen MR) is 64.9 cm³/mol. The lowest BCUT2D eigenvalue weighted by atomic mass is 10.5. The zero-order valence-electron chi connectivity index (χ0n) is 9.35. The Morgan fingerprint density at radius 3 is 2.47 bits per heavy atom. The standard InChI is InChI=1S/C10H8BrF3N2O2S/c11-6-1-4-8(15-5-6)19(18,7-2-3-7)16-9(17)10(12,13)14/h1,4-5,7H,2-3H2. The van der Waals surface area contributed by atoms with Crippen molar-refractivity contribution in [1.29, 1.82) is 0 Å². The number of amides is 1. The Kier molecular flexibility index (Phi) is 3.69. The van der Waals surface area contributed by atoms with E-state index in [4.69, 9.17) is 0 Å². The summed E-state index contributed by atoms with van der Waals surface area (Å²) in [6.45, 7) is 0. The Morgan fingerprint density at radius 2 is 2.05 bits per heavy atom. The summed E-state index contributed by atoms with van der Waals surface area (Å²) < 4.78 is 52.8. The third kappa shape index (κ3) is 3.14. The van der Waals surface area contributed by atoms with E-state index < -0.39 is 27.1 Å². The summed E-state index contributed by atoms with van der Waals surface area (Å²) >= 11 is 3.11. The van der Waals surface area contributed by atoms with E-state index in [1.54, 1.807) is 0 Å². The second-order valence-electron chi connectivity index (χ2n) is 3.98. The van der Waals surface area contributed by atoms with E-state index in [2.05, 4.69) is 25.3 Å². The normalized spacial score (nSPS) is 18.7. The molecule has 1 aliphatic carbocycles. The Bertz CT molecular complexity index is 617. The Balaban J connectivity index is 2.50. The highest BCUT2D eigenvalue weighted by atomic mass is 79.9. The Hall–Kier alpha value is -0.960. The topological polar surface area (TPSA) is 59.4 Å². The van der Waals surface area contributed by atoms with Gasteiger partial charge in [-0.25, -0.2) is 9.19 Å². The number of nitrogens with zero attached hydrogens (tertiary/aromatic N) is 2. The molecular formula is C10H8BrF3N2O2S. The molecule has 0 radical (unpaired) electrons. The summed E-state index contributed by atoms with van der Waals surface area (Å²) in [5.74, 6) is -2.32. The minimum Gasteiger partial charge on any atom is -0.261 e. The number of rotatable bonds is 2. The van der Waals surface area contributed by atoms with Crippen LogP contribution in [-0.4, -0.2) is 26.5 Å². The fourth-order valence-corrected chi connectivity index (χ4v) is 3.80. The summed E-state index contributed by atoms with van der Waals surface area (Å²) in [5, 5.41) is -0.622. The molecule has 1 saturated carbocycles. The van der Waals surface area contributed by atoms with Gasteiger partial charge in [-0.05, 0) is 40.9 Å². The van der Waals surface area contributed by atoms with Crippen molar-refractivity contribution in [3.8, 4) is 0 Å². The van der Waals surface area contributed by atoms with Gasteiger partial charge in [-0.15, -0.1) is 4.36 Å². The maximum Gasteiger partial charge on any atom is 0.474 e. The SMILES string of the molecule is O=C(N=S(=O)(c1ccc(Br)cn1)C1CC1)C(F)(F)F. The lowest BCUT2D eigenvalue weighted by Crippen LogP contribution is -2.23. The van der Waals surface area contributed by atoms with Gasteiger partial charge in [-0.3, -0.25) is 4.79 Å². The van der Waals surface area contributed by atoms with Crippen LogP contribution >= 0.6 is 15.9 Å². The molecule has 1 aliphatic rings. The van der Waals surface area contributed by atoms with Gasteiger partial charge in [0.25, 0.3) is 0 Å². The van der Waals surface area contributed by atoms with Crippen LogP contribution in [0.2, 0.25) is 0 Å². The van der Waals surface area contributed by atoms with Gasteiger partial charge in [0.05, 0.1) is 0 Å². The van der Waals surface area contributed by atoms with E-state index in [-0.39, 0.29) is 5.03 Å². The summed E-state index contributed by atoms with van der Waals surface area (Å²) in [6.07, 6.45) is -2.85. The molecule has 1 atom stereocenters. The molecule has 0 N–H and O–H groups in total. The maximum absolute atomic E-state index is 12.6. The molecule has 4 nitrogen and oxygen atoms in total. The van der Waals surface area contributed by atoms with E-state index >= 15 is 0 Å². The fourth-order valence-electron chi connectivity index (χ4n) is 1.39. The molecule has 2 rings (SSSR count). The zero-order chi connectivity index (χ0) is 14.3.